The van der Waals surface area contributed by atoms with Crippen molar-refractivity contribution in [2.75, 3.05) is 6.54 Å². The second-order valence-corrected chi connectivity index (χ2v) is 4.39. The van der Waals surface area contributed by atoms with Gasteiger partial charge in [-0.25, -0.2) is 0 Å². The number of aldehydes is 1. The van der Waals surface area contributed by atoms with E-state index in [0.29, 0.717) is 0 Å². The van der Waals surface area contributed by atoms with Crippen molar-refractivity contribution >= 4 is 12.8 Å². The summed E-state index contributed by atoms with van der Waals surface area (Å²) in [6.45, 7) is 7.08. The van der Waals surface area contributed by atoms with Gasteiger partial charge in [-0.15, -0.1) is 0 Å². The van der Waals surface area contributed by atoms with Crippen LogP contribution in [0, 0.1) is 5.92 Å². The van der Waals surface area contributed by atoms with Crippen molar-refractivity contribution in [3.05, 3.63) is 0 Å². The quantitative estimate of drug-likeness (QED) is 0.754. The molecule has 0 aromatic heterocycles. The van der Waals surface area contributed by atoms with Gasteiger partial charge in [-0.3, -0.25) is 4.79 Å². The van der Waals surface area contributed by atoms with Crippen LogP contribution < -0.4 is 5.32 Å². The fourth-order valence-electron chi connectivity index (χ4n) is 2.14. The van der Waals surface area contributed by atoms with Crippen LogP contribution in [0.3, 0.4) is 0 Å². The molecule has 4 nitrogen and oxygen atoms in total. The van der Waals surface area contributed by atoms with E-state index in [1.807, 2.05) is 0 Å². The van der Waals surface area contributed by atoms with Crippen molar-refractivity contribution < 1.29 is 14.7 Å². The molecule has 0 amide bonds. The van der Waals surface area contributed by atoms with E-state index in [9.17, 15) is 0 Å². The molecule has 2 N–H and O–H groups in total. The third-order valence-corrected chi connectivity index (χ3v) is 3.24. The standard InChI is InChI=1S/C11H23N.C2H4O.CH2O2.CH4/c1-3-10(4-2)7-8-11-6-5-9-12-11;1-2-3;2-1-3;/h10-12H,3-9H2,1-2H3;2H,1H3;1H,(H,2,3);1H4. The zero-order valence-corrected chi connectivity index (χ0v) is 12.0. The number of hydrogen-bond donors (Lipinski definition) is 2. The molecular weight excluding hydrogens is 242 g/mol. The van der Waals surface area contributed by atoms with Gasteiger partial charge in [0.25, 0.3) is 6.47 Å². The third kappa shape index (κ3) is 17.1. The summed E-state index contributed by atoms with van der Waals surface area (Å²) < 4.78 is 0. The van der Waals surface area contributed by atoms with E-state index in [0.717, 1.165) is 18.2 Å². The van der Waals surface area contributed by atoms with Gasteiger partial charge in [-0.1, -0.05) is 34.1 Å². The summed E-state index contributed by atoms with van der Waals surface area (Å²) in [6.07, 6.45) is 9.14. The summed E-state index contributed by atoms with van der Waals surface area (Å²) in [6, 6.07) is 0.852. The molecule has 1 heterocycles. The molecule has 1 unspecified atom stereocenters. The van der Waals surface area contributed by atoms with Crippen molar-refractivity contribution in [1.29, 1.82) is 0 Å². The molecule has 0 saturated carbocycles. The number of nitrogens with one attached hydrogen (secondary N) is 1. The van der Waals surface area contributed by atoms with Gasteiger partial charge in [0.05, 0.1) is 0 Å². The van der Waals surface area contributed by atoms with Crippen molar-refractivity contribution in [2.24, 2.45) is 5.92 Å². The topological polar surface area (TPSA) is 66.4 Å². The third-order valence-electron chi connectivity index (χ3n) is 3.24. The highest BCUT2D eigenvalue weighted by molar-refractivity contribution is 5.44. The molecule has 19 heavy (non-hydrogen) atoms. The van der Waals surface area contributed by atoms with Crippen molar-refractivity contribution in [2.45, 2.75) is 72.8 Å². The molecular formula is C15H33NO3. The van der Waals surface area contributed by atoms with Gasteiger partial charge in [0, 0.05) is 6.04 Å². The molecule has 0 aromatic rings. The second kappa shape index (κ2) is 19.4. The van der Waals surface area contributed by atoms with Crippen LogP contribution in [0.15, 0.2) is 0 Å². The van der Waals surface area contributed by atoms with Crippen LogP contribution >= 0.6 is 0 Å². The van der Waals surface area contributed by atoms with E-state index in [4.69, 9.17) is 14.7 Å². The molecule has 0 aromatic carbocycles. The second-order valence-electron chi connectivity index (χ2n) is 4.39. The molecule has 0 bridgehead atoms. The molecule has 0 aliphatic carbocycles. The highest BCUT2D eigenvalue weighted by atomic mass is 16.3. The monoisotopic (exact) mass is 275 g/mol. The van der Waals surface area contributed by atoms with Crippen molar-refractivity contribution in [3.63, 3.8) is 0 Å². The van der Waals surface area contributed by atoms with Gasteiger partial charge in [-0.2, -0.15) is 0 Å². The molecule has 1 rings (SSSR count). The average Bonchev–Trinajstić information content (AvgIpc) is 2.85. The summed E-state index contributed by atoms with van der Waals surface area (Å²) in [4.78, 5) is 17.2. The van der Waals surface area contributed by atoms with Gasteiger partial charge in [-0.05, 0) is 45.1 Å². The number of carbonyl (C=O) groups is 2. The normalized spacial score (nSPS) is 16.3. The Labute approximate surface area is 119 Å². The molecule has 0 radical (unpaired) electrons. The summed E-state index contributed by atoms with van der Waals surface area (Å²) in [5, 5.41) is 10.4. The number of carbonyl (C=O) groups excluding carboxylic acids is 1. The molecule has 4 heteroatoms. The molecule has 1 aliphatic rings. The molecule has 116 valence electrons. The van der Waals surface area contributed by atoms with Gasteiger partial charge < -0.3 is 15.2 Å². The average molecular weight is 275 g/mol. The summed E-state index contributed by atoms with van der Waals surface area (Å²) in [5.41, 5.74) is 0. The molecule has 0 spiro atoms. The maximum atomic E-state index is 8.81. The Hall–Kier alpha value is -0.900. The van der Waals surface area contributed by atoms with Gasteiger partial charge >= 0.3 is 0 Å². The van der Waals surface area contributed by atoms with Crippen molar-refractivity contribution in [3.8, 4) is 0 Å². The van der Waals surface area contributed by atoms with Crippen LogP contribution in [0.1, 0.15) is 66.7 Å². The van der Waals surface area contributed by atoms with E-state index in [1.54, 1.807) is 0 Å². The van der Waals surface area contributed by atoms with Crippen LogP contribution in [0.5, 0.6) is 0 Å². The zero-order chi connectivity index (χ0) is 14.2. The predicted octanol–water partition coefficient (Wildman–Crippen LogP) is 3.50. The fourth-order valence-corrected chi connectivity index (χ4v) is 2.14. The van der Waals surface area contributed by atoms with Crippen LogP contribution in [0.4, 0.5) is 0 Å². The number of carboxylic acid groups (broad SMARTS) is 1. The Bertz CT molecular complexity index is 168. The molecule has 1 saturated heterocycles. The van der Waals surface area contributed by atoms with Gasteiger partial charge in [0.2, 0.25) is 0 Å². The highest BCUT2D eigenvalue weighted by Crippen LogP contribution is 2.19. The molecule has 1 atom stereocenters. The minimum atomic E-state index is -0.250. The Kier molecular flexibility index (Phi) is 23.7. The number of rotatable bonds is 5. The zero-order valence-electron chi connectivity index (χ0n) is 12.0. The Morgan fingerprint density at radius 3 is 2.11 bits per heavy atom. The van der Waals surface area contributed by atoms with E-state index in [2.05, 4.69) is 19.2 Å². The van der Waals surface area contributed by atoms with E-state index in [-0.39, 0.29) is 13.9 Å². The lowest BCUT2D eigenvalue weighted by molar-refractivity contribution is -0.122. The first-order chi connectivity index (χ1) is 8.69. The van der Waals surface area contributed by atoms with E-state index in [1.165, 1.54) is 52.0 Å². The van der Waals surface area contributed by atoms with E-state index >= 15 is 0 Å². The van der Waals surface area contributed by atoms with Crippen LogP contribution in [-0.2, 0) is 9.59 Å². The first-order valence-electron chi connectivity index (χ1n) is 6.90. The smallest absolute Gasteiger partial charge is 0.290 e. The maximum absolute atomic E-state index is 8.81. The van der Waals surface area contributed by atoms with E-state index < -0.39 is 0 Å². The van der Waals surface area contributed by atoms with Gasteiger partial charge in [0.15, 0.2) is 0 Å². The lowest BCUT2D eigenvalue weighted by atomic mass is 9.95. The highest BCUT2D eigenvalue weighted by Gasteiger charge is 2.14. The number of hydrogen-bond acceptors (Lipinski definition) is 3. The molecule has 1 aliphatic heterocycles. The molecule has 1 fully saturated rings. The largest absolute Gasteiger partial charge is 0.483 e. The SMILES string of the molecule is C.CC=O.CCC(CC)CCC1CCCN1.O=CO. The fraction of sp³-hybridized carbons (Fsp3) is 0.867. The van der Waals surface area contributed by atoms with Crippen LogP contribution in [0.2, 0.25) is 0 Å². The Morgan fingerprint density at radius 2 is 1.79 bits per heavy atom. The predicted molar refractivity (Wildman–Crippen MR) is 81.5 cm³/mol. The Balaban J connectivity index is -0.000000314. The minimum absolute atomic E-state index is 0. The summed E-state index contributed by atoms with van der Waals surface area (Å²) in [7, 11) is 0. The first kappa shape index (κ1) is 23.2. The minimum Gasteiger partial charge on any atom is -0.483 e. The summed E-state index contributed by atoms with van der Waals surface area (Å²) in [5.74, 6) is 0.979. The Morgan fingerprint density at radius 1 is 1.32 bits per heavy atom. The maximum Gasteiger partial charge on any atom is 0.290 e. The summed E-state index contributed by atoms with van der Waals surface area (Å²) >= 11 is 0. The lowest BCUT2D eigenvalue weighted by Crippen LogP contribution is -2.21. The lowest BCUT2D eigenvalue weighted by Gasteiger charge is -2.15. The van der Waals surface area contributed by atoms with Crippen molar-refractivity contribution in [1.82, 2.24) is 5.32 Å². The van der Waals surface area contributed by atoms with Crippen LogP contribution in [-0.4, -0.2) is 30.5 Å². The van der Waals surface area contributed by atoms with Crippen LogP contribution in [0.25, 0.3) is 0 Å². The first-order valence-corrected chi connectivity index (χ1v) is 6.90. The van der Waals surface area contributed by atoms with Gasteiger partial charge in [0.1, 0.15) is 6.29 Å².